The smallest absolute Gasteiger partial charge is 0.253 e. The van der Waals surface area contributed by atoms with Crippen LogP contribution in [0.2, 0.25) is 0 Å². The minimum Gasteiger partial charge on any atom is -0.339 e. The zero-order valence-electron chi connectivity index (χ0n) is 15.5. The lowest BCUT2D eigenvalue weighted by Crippen LogP contribution is -2.34. The van der Waals surface area contributed by atoms with Crippen molar-refractivity contribution in [1.82, 2.24) is 4.90 Å². The van der Waals surface area contributed by atoms with Crippen molar-refractivity contribution in [2.24, 2.45) is 11.7 Å². The van der Waals surface area contributed by atoms with Gasteiger partial charge < -0.3 is 16.0 Å². The van der Waals surface area contributed by atoms with Crippen LogP contribution in [0.3, 0.4) is 0 Å². The van der Waals surface area contributed by atoms with E-state index in [1.807, 2.05) is 17.0 Å². The largest absolute Gasteiger partial charge is 0.339 e. The molecular formula is C20H31N3O2. The highest BCUT2D eigenvalue weighted by atomic mass is 16.2. The standard InChI is InChI=1S/C20H31N3O2/c1-3-12-23(13-4-2)20(25)15-8-10-18(11-9-15)22-19(24)16-6-5-7-17(21)14-16/h8-11,16-17H,3-7,12-14,21H2,1-2H3,(H,22,24). The van der Waals surface area contributed by atoms with Crippen LogP contribution in [0.1, 0.15) is 62.7 Å². The van der Waals surface area contributed by atoms with Crippen molar-refractivity contribution >= 4 is 17.5 Å². The minimum absolute atomic E-state index is 0.00495. The van der Waals surface area contributed by atoms with Crippen molar-refractivity contribution in [2.45, 2.75) is 58.4 Å². The molecule has 1 aromatic carbocycles. The van der Waals surface area contributed by atoms with Crippen LogP contribution in [0.5, 0.6) is 0 Å². The first-order valence-corrected chi connectivity index (χ1v) is 9.50. The van der Waals surface area contributed by atoms with Gasteiger partial charge in [-0.05, 0) is 56.4 Å². The Bertz CT molecular complexity index is 565. The van der Waals surface area contributed by atoms with E-state index in [0.29, 0.717) is 5.56 Å². The first-order valence-electron chi connectivity index (χ1n) is 9.50. The summed E-state index contributed by atoms with van der Waals surface area (Å²) in [6.45, 7) is 5.69. The van der Waals surface area contributed by atoms with E-state index in [1.165, 1.54) is 0 Å². The number of benzene rings is 1. The first kappa shape index (κ1) is 19.4. The summed E-state index contributed by atoms with van der Waals surface area (Å²) in [6.07, 6.45) is 5.57. The van der Waals surface area contributed by atoms with Gasteiger partial charge in [-0.15, -0.1) is 0 Å². The molecule has 25 heavy (non-hydrogen) atoms. The van der Waals surface area contributed by atoms with Gasteiger partial charge >= 0.3 is 0 Å². The normalized spacial score (nSPS) is 20.1. The highest BCUT2D eigenvalue weighted by molar-refractivity contribution is 5.96. The number of carbonyl (C=O) groups excluding carboxylic acids is 2. The quantitative estimate of drug-likeness (QED) is 0.795. The molecule has 5 nitrogen and oxygen atoms in total. The Hall–Kier alpha value is -1.88. The second-order valence-corrected chi connectivity index (χ2v) is 6.98. The lowest BCUT2D eigenvalue weighted by molar-refractivity contribution is -0.120. The molecule has 0 saturated heterocycles. The van der Waals surface area contributed by atoms with Gasteiger partial charge in [-0.2, -0.15) is 0 Å². The number of nitrogens with two attached hydrogens (primary N) is 1. The van der Waals surface area contributed by atoms with Gasteiger partial charge in [0, 0.05) is 36.3 Å². The second-order valence-electron chi connectivity index (χ2n) is 6.98. The predicted molar refractivity (Wildman–Crippen MR) is 101 cm³/mol. The molecule has 0 heterocycles. The van der Waals surface area contributed by atoms with Crippen molar-refractivity contribution in [2.75, 3.05) is 18.4 Å². The van der Waals surface area contributed by atoms with Crippen LogP contribution in [-0.4, -0.2) is 35.8 Å². The highest BCUT2D eigenvalue weighted by Crippen LogP contribution is 2.24. The maximum Gasteiger partial charge on any atom is 0.253 e. The second kappa shape index (κ2) is 9.56. The van der Waals surface area contributed by atoms with Crippen LogP contribution in [0, 0.1) is 5.92 Å². The van der Waals surface area contributed by atoms with Crippen LogP contribution in [-0.2, 0) is 4.79 Å². The third-order valence-corrected chi connectivity index (χ3v) is 4.76. The summed E-state index contributed by atoms with van der Waals surface area (Å²) in [6, 6.07) is 7.34. The molecule has 0 aliphatic heterocycles. The molecule has 1 fully saturated rings. The Balaban J connectivity index is 1.96. The van der Waals surface area contributed by atoms with Gasteiger partial charge in [0.25, 0.3) is 5.91 Å². The number of carbonyl (C=O) groups is 2. The van der Waals surface area contributed by atoms with Gasteiger partial charge in [-0.25, -0.2) is 0 Å². The van der Waals surface area contributed by atoms with Crippen LogP contribution in [0.15, 0.2) is 24.3 Å². The molecule has 1 saturated carbocycles. The van der Waals surface area contributed by atoms with Gasteiger partial charge in [0.1, 0.15) is 0 Å². The molecular weight excluding hydrogens is 314 g/mol. The van der Waals surface area contributed by atoms with Gasteiger partial charge in [0.15, 0.2) is 0 Å². The number of amides is 2. The van der Waals surface area contributed by atoms with Crippen LogP contribution in [0.4, 0.5) is 5.69 Å². The molecule has 2 atom stereocenters. The van der Waals surface area contributed by atoms with Crippen molar-refractivity contribution < 1.29 is 9.59 Å². The molecule has 0 aromatic heterocycles. The Morgan fingerprint density at radius 2 is 1.76 bits per heavy atom. The molecule has 138 valence electrons. The van der Waals surface area contributed by atoms with E-state index in [1.54, 1.807) is 12.1 Å². The van der Waals surface area contributed by atoms with Gasteiger partial charge in [0.05, 0.1) is 0 Å². The van der Waals surface area contributed by atoms with E-state index in [-0.39, 0.29) is 23.8 Å². The number of rotatable bonds is 7. The summed E-state index contributed by atoms with van der Waals surface area (Å²) >= 11 is 0. The first-order chi connectivity index (χ1) is 12.0. The van der Waals surface area contributed by atoms with Gasteiger partial charge in [-0.3, -0.25) is 9.59 Å². The molecule has 1 aliphatic rings. The van der Waals surface area contributed by atoms with E-state index < -0.39 is 0 Å². The third kappa shape index (κ3) is 5.56. The lowest BCUT2D eigenvalue weighted by Gasteiger charge is -2.25. The fourth-order valence-corrected chi connectivity index (χ4v) is 3.44. The Kier molecular flexibility index (Phi) is 7.44. The summed E-state index contributed by atoms with van der Waals surface area (Å²) in [4.78, 5) is 26.8. The molecule has 2 unspecified atom stereocenters. The molecule has 5 heteroatoms. The minimum atomic E-state index is -0.00495. The number of hydrogen-bond acceptors (Lipinski definition) is 3. The SMILES string of the molecule is CCCN(CCC)C(=O)c1ccc(NC(=O)C2CCCC(N)C2)cc1. The maximum absolute atomic E-state index is 12.6. The van der Waals surface area contributed by atoms with Crippen LogP contribution < -0.4 is 11.1 Å². The molecule has 0 spiro atoms. The summed E-state index contributed by atoms with van der Waals surface area (Å²) in [5, 5.41) is 2.96. The molecule has 1 aliphatic carbocycles. The third-order valence-electron chi connectivity index (χ3n) is 4.76. The fourth-order valence-electron chi connectivity index (χ4n) is 3.44. The summed E-state index contributed by atoms with van der Waals surface area (Å²) in [5.41, 5.74) is 7.37. The van der Waals surface area contributed by atoms with E-state index in [4.69, 9.17) is 5.73 Å². The Morgan fingerprint density at radius 1 is 1.12 bits per heavy atom. The molecule has 0 radical (unpaired) electrons. The molecule has 0 bridgehead atoms. The van der Waals surface area contributed by atoms with Gasteiger partial charge in [0.2, 0.25) is 5.91 Å². The van der Waals surface area contributed by atoms with Crippen molar-refractivity contribution in [1.29, 1.82) is 0 Å². The highest BCUT2D eigenvalue weighted by Gasteiger charge is 2.25. The van der Waals surface area contributed by atoms with Gasteiger partial charge in [-0.1, -0.05) is 20.3 Å². The average molecular weight is 345 g/mol. The molecule has 2 rings (SSSR count). The predicted octanol–water partition coefficient (Wildman–Crippen LogP) is 3.40. The van der Waals surface area contributed by atoms with Crippen molar-refractivity contribution in [3.8, 4) is 0 Å². The summed E-state index contributed by atoms with van der Waals surface area (Å²) in [5.74, 6) is 0.0855. The van der Waals surface area contributed by atoms with E-state index in [2.05, 4.69) is 19.2 Å². The maximum atomic E-state index is 12.6. The average Bonchev–Trinajstić information content (AvgIpc) is 2.61. The Morgan fingerprint density at radius 3 is 2.32 bits per heavy atom. The molecule has 2 amide bonds. The molecule has 3 N–H and O–H groups in total. The zero-order chi connectivity index (χ0) is 18.2. The number of nitrogens with zero attached hydrogens (tertiary/aromatic N) is 1. The number of anilines is 1. The molecule has 1 aromatic rings. The zero-order valence-corrected chi connectivity index (χ0v) is 15.5. The monoisotopic (exact) mass is 345 g/mol. The van der Waals surface area contributed by atoms with Crippen LogP contribution in [0.25, 0.3) is 0 Å². The van der Waals surface area contributed by atoms with Crippen molar-refractivity contribution in [3.63, 3.8) is 0 Å². The van der Waals surface area contributed by atoms with E-state index in [9.17, 15) is 9.59 Å². The summed E-state index contributed by atoms with van der Waals surface area (Å²) < 4.78 is 0. The number of nitrogens with one attached hydrogen (secondary N) is 1. The number of hydrogen-bond donors (Lipinski definition) is 2. The van der Waals surface area contributed by atoms with Crippen molar-refractivity contribution in [3.05, 3.63) is 29.8 Å². The fraction of sp³-hybridized carbons (Fsp3) is 0.600. The summed E-state index contributed by atoms with van der Waals surface area (Å²) in [7, 11) is 0. The topological polar surface area (TPSA) is 75.4 Å². The van der Waals surface area contributed by atoms with E-state index in [0.717, 1.165) is 57.3 Å². The van der Waals surface area contributed by atoms with E-state index >= 15 is 0 Å². The Labute approximate surface area is 151 Å². The lowest BCUT2D eigenvalue weighted by atomic mass is 9.85. The van der Waals surface area contributed by atoms with Crippen LogP contribution >= 0.6 is 0 Å².